The number of fused-ring (bicyclic) bond motifs is 2. The summed E-state index contributed by atoms with van der Waals surface area (Å²) in [4.78, 5) is 0. The summed E-state index contributed by atoms with van der Waals surface area (Å²) in [5, 5.41) is 9.30. The Morgan fingerprint density at radius 2 is 2.05 bits per heavy atom. The Morgan fingerprint density at radius 3 is 2.55 bits per heavy atom. The smallest absolute Gasteiger partial charge is 0.416 e. The van der Waals surface area contributed by atoms with Crippen LogP contribution in [0.3, 0.4) is 0 Å². The predicted molar refractivity (Wildman–Crippen MR) is 69.8 cm³/mol. The molecule has 2 bridgehead atoms. The standard InChI is InChI=1S/C15H21F3O2/c1-10(13-9-11-4-5-12(13)8-11)20-7-3-6-14(2,19)15(16,17)18/h4-5,11-13,19H,1,3,6-9H2,2H3. The summed E-state index contributed by atoms with van der Waals surface area (Å²) in [6.45, 7) is 4.86. The lowest BCUT2D eigenvalue weighted by atomic mass is 9.92. The van der Waals surface area contributed by atoms with E-state index in [2.05, 4.69) is 18.7 Å². The Bertz CT molecular complexity index is 398. The molecule has 0 aromatic carbocycles. The summed E-state index contributed by atoms with van der Waals surface area (Å²) in [5.74, 6) is 2.06. The average Bonchev–Trinajstić information content (AvgIpc) is 2.95. The Morgan fingerprint density at radius 1 is 1.35 bits per heavy atom. The fourth-order valence-electron chi connectivity index (χ4n) is 3.02. The Hall–Kier alpha value is -0.970. The van der Waals surface area contributed by atoms with Crippen LogP contribution in [-0.2, 0) is 4.74 Å². The number of aliphatic hydroxyl groups is 1. The van der Waals surface area contributed by atoms with Crippen LogP contribution in [0.25, 0.3) is 0 Å². The lowest BCUT2D eigenvalue weighted by Crippen LogP contribution is -2.42. The number of allylic oxidation sites excluding steroid dienone is 3. The molecule has 0 spiro atoms. The molecule has 2 rings (SSSR count). The molecule has 1 N–H and O–H groups in total. The molecule has 0 amide bonds. The van der Waals surface area contributed by atoms with Crippen LogP contribution in [0.5, 0.6) is 0 Å². The Balaban J connectivity index is 1.69. The maximum absolute atomic E-state index is 12.5. The molecule has 1 saturated carbocycles. The van der Waals surface area contributed by atoms with Gasteiger partial charge in [0.05, 0.1) is 12.4 Å². The zero-order chi connectivity index (χ0) is 15.0. The fraction of sp³-hybridized carbons (Fsp3) is 0.733. The van der Waals surface area contributed by atoms with Gasteiger partial charge in [-0.3, -0.25) is 0 Å². The Labute approximate surface area is 117 Å². The molecule has 0 aromatic rings. The van der Waals surface area contributed by atoms with Crippen molar-refractivity contribution < 1.29 is 23.0 Å². The van der Waals surface area contributed by atoms with E-state index in [0.717, 1.165) is 19.8 Å². The van der Waals surface area contributed by atoms with Crippen molar-refractivity contribution in [3.05, 3.63) is 24.5 Å². The van der Waals surface area contributed by atoms with E-state index in [1.54, 1.807) is 0 Å². The molecule has 2 nitrogen and oxygen atoms in total. The van der Waals surface area contributed by atoms with Crippen LogP contribution >= 0.6 is 0 Å². The third-order valence-corrected chi connectivity index (χ3v) is 4.40. The topological polar surface area (TPSA) is 29.5 Å². The maximum Gasteiger partial charge on any atom is 0.416 e. The van der Waals surface area contributed by atoms with E-state index in [-0.39, 0.29) is 19.4 Å². The van der Waals surface area contributed by atoms with E-state index >= 15 is 0 Å². The van der Waals surface area contributed by atoms with Gasteiger partial charge < -0.3 is 9.84 Å². The monoisotopic (exact) mass is 290 g/mol. The van der Waals surface area contributed by atoms with Crippen LogP contribution in [0, 0.1) is 17.8 Å². The van der Waals surface area contributed by atoms with Crippen LogP contribution in [0.2, 0.25) is 0 Å². The first-order chi connectivity index (χ1) is 9.21. The van der Waals surface area contributed by atoms with Crippen molar-refractivity contribution in [2.75, 3.05) is 6.61 Å². The lowest BCUT2D eigenvalue weighted by Gasteiger charge is -2.26. The molecule has 20 heavy (non-hydrogen) atoms. The van der Waals surface area contributed by atoms with Crippen molar-refractivity contribution >= 4 is 0 Å². The molecule has 1 fully saturated rings. The van der Waals surface area contributed by atoms with Crippen LogP contribution in [0.1, 0.15) is 32.6 Å². The van der Waals surface area contributed by atoms with E-state index in [0.29, 0.717) is 23.5 Å². The zero-order valence-electron chi connectivity index (χ0n) is 11.6. The molecule has 0 saturated heterocycles. The van der Waals surface area contributed by atoms with Gasteiger partial charge in [0, 0.05) is 5.92 Å². The second-order valence-corrected chi connectivity index (χ2v) is 6.08. The third-order valence-electron chi connectivity index (χ3n) is 4.40. The van der Waals surface area contributed by atoms with E-state index < -0.39 is 11.8 Å². The molecule has 2 aliphatic rings. The van der Waals surface area contributed by atoms with Crippen molar-refractivity contribution in [1.82, 2.24) is 0 Å². The number of rotatable bonds is 6. The fourth-order valence-corrected chi connectivity index (χ4v) is 3.02. The number of halogens is 3. The van der Waals surface area contributed by atoms with Gasteiger partial charge in [-0.2, -0.15) is 13.2 Å². The van der Waals surface area contributed by atoms with Gasteiger partial charge in [-0.1, -0.05) is 18.7 Å². The minimum absolute atomic E-state index is 0.155. The minimum atomic E-state index is -4.60. The molecule has 4 unspecified atom stereocenters. The Kier molecular flexibility index (Phi) is 4.19. The number of ether oxygens (including phenoxy) is 1. The molecule has 4 atom stereocenters. The summed E-state index contributed by atoms with van der Waals surface area (Å²) < 4.78 is 42.8. The van der Waals surface area contributed by atoms with Crippen molar-refractivity contribution in [2.24, 2.45) is 17.8 Å². The van der Waals surface area contributed by atoms with Crippen LogP contribution in [0.4, 0.5) is 13.2 Å². The first-order valence-electron chi connectivity index (χ1n) is 7.00. The van der Waals surface area contributed by atoms with Gasteiger partial charge in [0.25, 0.3) is 0 Å². The first-order valence-corrected chi connectivity index (χ1v) is 7.00. The molecule has 0 heterocycles. The number of hydrogen-bond acceptors (Lipinski definition) is 2. The average molecular weight is 290 g/mol. The largest absolute Gasteiger partial charge is 0.498 e. The predicted octanol–water partition coefficient (Wildman–Crippen LogP) is 3.82. The van der Waals surface area contributed by atoms with Crippen LogP contribution < -0.4 is 0 Å². The second kappa shape index (κ2) is 5.43. The second-order valence-electron chi connectivity index (χ2n) is 6.08. The highest BCUT2D eigenvalue weighted by Gasteiger charge is 2.49. The van der Waals surface area contributed by atoms with Gasteiger partial charge >= 0.3 is 6.18 Å². The molecule has 0 aliphatic heterocycles. The zero-order valence-corrected chi connectivity index (χ0v) is 11.6. The van der Waals surface area contributed by atoms with Gasteiger partial charge in [0.2, 0.25) is 0 Å². The highest BCUT2D eigenvalue weighted by Crippen LogP contribution is 2.46. The highest BCUT2D eigenvalue weighted by atomic mass is 19.4. The number of hydrogen-bond donors (Lipinski definition) is 1. The van der Waals surface area contributed by atoms with Gasteiger partial charge in [-0.15, -0.1) is 0 Å². The molecule has 5 heteroatoms. The van der Waals surface area contributed by atoms with Gasteiger partial charge in [-0.05, 0) is 44.4 Å². The highest BCUT2D eigenvalue weighted by molar-refractivity contribution is 5.16. The van der Waals surface area contributed by atoms with E-state index in [1.807, 2.05) is 0 Å². The van der Waals surface area contributed by atoms with E-state index in [1.165, 1.54) is 0 Å². The van der Waals surface area contributed by atoms with Crippen LogP contribution in [0.15, 0.2) is 24.5 Å². The van der Waals surface area contributed by atoms with Crippen LogP contribution in [-0.4, -0.2) is 23.5 Å². The first kappa shape index (κ1) is 15.4. The third kappa shape index (κ3) is 3.19. The number of alkyl halides is 3. The molecular weight excluding hydrogens is 269 g/mol. The van der Waals surface area contributed by atoms with Gasteiger partial charge in [0.15, 0.2) is 5.60 Å². The molecule has 114 valence electrons. The lowest BCUT2D eigenvalue weighted by molar-refractivity contribution is -0.255. The normalized spacial score (nSPS) is 31.4. The summed E-state index contributed by atoms with van der Waals surface area (Å²) >= 11 is 0. The van der Waals surface area contributed by atoms with E-state index in [4.69, 9.17) is 4.74 Å². The molecule has 0 radical (unpaired) electrons. The maximum atomic E-state index is 12.5. The SMILES string of the molecule is C=C(OCCCC(C)(O)C(F)(F)F)C1CC2C=CC1C2. The minimum Gasteiger partial charge on any atom is -0.498 e. The van der Waals surface area contributed by atoms with Crippen molar-refractivity contribution in [1.29, 1.82) is 0 Å². The molecule has 0 aromatic heterocycles. The quantitative estimate of drug-likeness (QED) is 0.458. The summed E-state index contributed by atoms with van der Waals surface area (Å²) in [7, 11) is 0. The molecular formula is C15H21F3O2. The molecule has 2 aliphatic carbocycles. The summed E-state index contributed by atoms with van der Waals surface area (Å²) in [6.07, 6.45) is 1.76. The van der Waals surface area contributed by atoms with E-state index in [9.17, 15) is 18.3 Å². The summed E-state index contributed by atoms with van der Waals surface area (Å²) in [6, 6.07) is 0. The van der Waals surface area contributed by atoms with Crippen molar-refractivity contribution in [3.8, 4) is 0 Å². The summed E-state index contributed by atoms with van der Waals surface area (Å²) in [5.41, 5.74) is -2.65. The van der Waals surface area contributed by atoms with Gasteiger partial charge in [0.1, 0.15) is 0 Å². The van der Waals surface area contributed by atoms with Gasteiger partial charge in [-0.25, -0.2) is 0 Å². The van der Waals surface area contributed by atoms with Crippen molar-refractivity contribution in [2.45, 2.75) is 44.4 Å². The van der Waals surface area contributed by atoms with Crippen molar-refractivity contribution in [3.63, 3.8) is 0 Å².